The zero-order chi connectivity index (χ0) is 14.0. The van der Waals surface area contributed by atoms with Gasteiger partial charge in [0.05, 0.1) is 5.69 Å². The van der Waals surface area contributed by atoms with Crippen molar-refractivity contribution >= 4 is 5.91 Å². The Kier molecular flexibility index (Phi) is 3.55. The molecule has 0 aliphatic heterocycles. The third-order valence-corrected chi connectivity index (χ3v) is 3.02. The number of aromatic nitrogens is 1. The number of rotatable bonds is 3. The fraction of sp³-hybridized carbons (Fsp3) is 0.286. The average molecular weight is 260 g/mol. The molecule has 0 fully saturated rings. The van der Waals surface area contributed by atoms with Crippen LogP contribution in [0.5, 0.6) is 0 Å². The minimum atomic E-state index is -0.609. The molecule has 1 N–H and O–H groups in total. The summed E-state index contributed by atoms with van der Waals surface area (Å²) >= 11 is 0. The van der Waals surface area contributed by atoms with Gasteiger partial charge in [0.2, 0.25) is 0 Å². The van der Waals surface area contributed by atoms with E-state index in [9.17, 15) is 9.59 Å². The number of nitrogens with one attached hydrogen (secondary N) is 1. The third-order valence-electron chi connectivity index (χ3n) is 3.02. The molecule has 0 aliphatic carbocycles. The molecule has 0 bridgehead atoms. The lowest BCUT2D eigenvalue weighted by Crippen LogP contribution is -2.27. The van der Waals surface area contributed by atoms with Crippen LogP contribution in [0.4, 0.5) is 0 Å². The van der Waals surface area contributed by atoms with Gasteiger partial charge >= 0.3 is 5.63 Å². The van der Waals surface area contributed by atoms with Crippen LogP contribution in [-0.4, -0.2) is 10.6 Å². The summed E-state index contributed by atoms with van der Waals surface area (Å²) in [6.45, 7) is 4.04. The van der Waals surface area contributed by atoms with Crippen molar-refractivity contribution in [1.29, 1.82) is 0 Å². The fourth-order valence-corrected chi connectivity index (χ4v) is 1.89. The number of carbonyl (C=O) groups excluding carboxylic acids is 1. The molecule has 0 saturated heterocycles. The van der Waals surface area contributed by atoms with Crippen LogP contribution in [0.25, 0.3) is 0 Å². The van der Waals surface area contributed by atoms with Gasteiger partial charge in [-0.15, -0.1) is 0 Å². The zero-order valence-electron chi connectivity index (χ0n) is 11.2. The molecule has 1 aromatic carbocycles. The quantitative estimate of drug-likeness (QED) is 0.910. The molecule has 0 aliphatic rings. The van der Waals surface area contributed by atoms with E-state index >= 15 is 0 Å². The lowest BCUT2D eigenvalue weighted by molar-refractivity contribution is 0.0948. The van der Waals surface area contributed by atoms with E-state index in [1.807, 2.05) is 31.2 Å². The zero-order valence-corrected chi connectivity index (χ0v) is 11.2. The van der Waals surface area contributed by atoms with Crippen LogP contribution in [0.3, 0.4) is 0 Å². The van der Waals surface area contributed by atoms with Crippen molar-refractivity contribution in [2.45, 2.75) is 20.4 Å². The Bertz CT molecular complexity index is 668. The summed E-state index contributed by atoms with van der Waals surface area (Å²) in [5.41, 5.74) is 2.09. The number of nitrogens with zero attached hydrogens (tertiary/aromatic N) is 1. The molecule has 1 heterocycles. The van der Waals surface area contributed by atoms with Gasteiger partial charge in [0.1, 0.15) is 5.56 Å². The van der Waals surface area contributed by atoms with Gasteiger partial charge in [0.25, 0.3) is 5.91 Å². The van der Waals surface area contributed by atoms with Crippen molar-refractivity contribution in [2.75, 3.05) is 0 Å². The normalized spacial score (nSPS) is 10.5. The summed E-state index contributed by atoms with van der Waals surface area (Å²) in [7, 11) is 1.59. The third kappa shape index (κ3) is 2.76. The van der Waals surface area contributed by atoms with E-state index in [0.29, 0.717) is 12.2 Å². The molecule has 0 saturated carbocycles. The first-order valence-electron chi connectivity index (χ1n) is 5.99. The van der Waals surface area contributed by atoms with Crippen LogP contribution in [0, 0.1) is 13.8 Å². The van der Waals surface area contributed by atoms with Gasteiger partial charge in [-0.25, -0.2) is 9.53 Å². The standard InChI is InChI=1S/C14H16N2O3/c1-9-5-4-6-11(7-9)8-15-13(17)12-10(2)16(3)19-14(12)18/h4-7H,8H2,1-3H3,(H,15,17). The first-order valence-corrected chi connectivity index (χ1v) is 5.99. The van der Waals surface area contributed by atoms with E-state index in [1.54, 1.807) is 14.0 Å². The van der Waals surface area contributed by atoms with Gasteiger partial charge in [0, 0.05) is 13.6 Å². The van der Waals surface area contributed by atoms with Crippen LogP contribution in [-0.2, 0) is 13.6 Å². The number of amides is 1. The van der Waals surface area contributed by atoms with Crippen molar-refractivity contribution in [2.24, 2.45) is 7.05 Å². The molecule has 2 aromatic rings. The summed E-state index contributed by atoms with van der Waals surface area (Å²) in [5.74, 6) is -0.409. The van der Waals surface area contributed by atoms with Gasteiger partial charge in [-0.1, -0.05) is 29.8 Å². The molecule has 0 atom stereocenters. The van der Waals surface area contributed by atoms with Gasteiger partial charge in [0.15, 0.2) is 0 Å². The Labute approximate surface area is 110 Å². The maximum atomic E-state index is 12.0. The second-order valence-electron chi connectivity index (χ2n) is 4.51. The highest BCUT2D eigenvalue weighted by Crippen LogP contribution is 2.05. The molecule has 19 heavy (non-hydrogen) atoms. The molecule has 0 spiro atoms. The maximum absolute atomic E-state index is 12.0. The molecule has 0 radical (unpaired) electrons. The smallest absolute Gasteiger partial charge is 0.348 e. The van der Waals surface area contributed by atoms with E-state index in [4.69, 9.17) is 4.52 Å². The lowest BCUT2D eigenvalue weighted by atomic mass is 10.1. The number of carbonyl (C=O) groups is 1. The summed E-state index contributed by atoms with van der Waals surface area (Å²) in [4.78, 5) is 23.5. The Morgan fingerprint density at radius 3 is 2.68 bits per heavy atom. The average Bonchev–Trinajstić information content (AvgIpc) is 2.61. The highest BCUT2D eigenvalue weighted by molar-refractivity contribution is 5.94. The fourth-order valence-electron chi connectivity index (χ4n) is 1.89. The Balaban J connectivity index is 2.12. The maximum Gasteiger partial charge on any atom is 0.370 e. The molecule has 2 rings (SSSR count). The van der Waals surface area contributed by atoms with Crippen LogP contribution >= 0.6 is 0 Å². The molecule has 0 unspecified atom stereocenters. The van der Waals surface area contributed by atoms with Crippen molar-refractivity contribution in [1.82, 2.24) is 10.1 Å². The molecule has 1 aromatic heterocycles. The van der Waals surface area contributed by atoms with Crippen LogP contribution < -0.4 is 10.9 Å². The van der Waals surface area contributed by atoms with E-state index < -0.39 is 11.5 Å². The Morgan fingerprint density at radius 1 is 1.37 bits per heavy atom. The first kappa shape index (κ1) is 13.1. The van der Waals surface area contributed by atoms with E-state index in [2.05, 4.69) is 5.32 Å². The molecular weight excluding hydrogens is 244 g/mol. The van der Waals surface area contributed by atoms with Crippen molar-refractivity contribution in [3.05, 3.63) is 57.1 Å². The Hall–Kier alpha value is -2.30. The highest BCUT2D eigenvalue weighted by atomic mass is 16.5. The van der Waals surface area contributed by atoms with Gasteiger partial charge in [-0.05, 0) is 19.4 Å². The van der Waals surface area contributed by atoms with Crippen molar-refractivity contribution in [3.63, 3.8) is 0 Å². The van der Waals surface area contributed by atoms with Gasteiger partial charge in [-0.2, -0.15) is 0 Å². The molecule has 1 amide bonds. The topological polar surface area (TPSA) is 64.2 Å². The summed E-state index contributed by atoms with van der Waals surface area (Å²) in [6.07, 6.45) is 0. The first-order chi connectivity index (χ1) is 8.99. The summed E-state index contributed by atoms with van der Waals surface area (Å²) in [5, 5.41) is 2.73. The van der Waals surface area contributed by atoms with E-state index in [0.717, 1.165) is 11.1 Å². The van der Waals surface area contributed by atoms with Crippen LogP contribution in [0.15, 0.2) is 33.6 Å². The summed E-state index contributed by atoms with van der Waals surface area (Å²) in [6, 6.07) is 7.83. The molecule has 5 nitrogen and oxygen atoms in total. The minimum absolute atomic E-state index is 0.0650. The SMILES string of the molecule is Cc1cccc(CNC(=O)c2c(C)n(C)oc2=O)c1. The van der Waals surface area contributed by atoms with E-state index in [1.165, 1.54) is 4.74 Å². The van der Waals surface area contributed by atoms with E-state index in [-0.39, 0.29) is 5.56 Å². The number of hydrogen-bond donors (Lipinski definition) is 1. The highest BCUT2D eigenvalue weighted by Gasteiger charge is 2.18. The predicted octanol–water partition coefficient (Wildman–Crippen LogP) is 1.53. The lowest BCUT2D eigenvalue weighted by Gasteiger charge is -2.04. The monoisotopic (exact) mass is 260 g/mol. The second-order valence-corrected chi connectivity index (χ2v) is 4.51. The molecule has 100 valence electrons. The largest absolute Gasteiger partial charge is 0.370 e. The Morgan fingerprint density at radius 2 is 2.11 bits per heavy atom. The number of hydrogen-bond acceptors (Lipinski definition) is 3. The van der Waals surface area contributed by atoms with Crippen LogP contribution in [0.1, 0.15) is 27.2 Å². The minimum Gasteiger partial charge on any atom is -0.348 e. The van der Waals surface area contributed by atoms with Gasteiger partial charge < -0.3 is 9.84 Å². The summed E-state index contributed by atoms with van der Waals surface area (Å²) < 4.78 is 6.13. The van der Waals surface area contributed by atoms with Crippen molar-refractivity contribution < 1.29 is 9.32 Å². The van der Waals surface area contributed by atoms with Crippen LogP contribution in [0.2, 0.25) is 0 Å². The predicted molar refractivity (Wildman–Crippen MR) is 71.0 cm³/mol. The van der Waals surface area contributed by atoms with Gasteiger partial charge in [-0.3, -0.25) is 4.79 Å². The second kappa shape index (κ2) is 5.14. The molecular formula is C14H16N2O3. The number of benzene rings is 1. The van der Waals surface area contributed by atoms with Crippen molar-refractivity contribution in [3.8, 4) is 0 Å². The number of aryl methyl sites for hydroxylation is 2. The molecule has 5 heteroatoms.